The molecule has 0 aliphatic carbocycles. The van der Waals surface area contributed by atoms with Crippen LogP contribution in [0.3, 0.4) is 0 Å². The van der Waals surface area contributed by atoms with E-state index in [4.69, 9.17) is 20.4 Å². The minimum atomic E-state index is -0.757. The summed E-state index contributed by atoms with van der Waals surface area (Å²) in [5.41, 5.74) is -2.33. The second-order valence-electron chi connectivity index (χ2n) is 10.2. The van der Waals surface area contributed by atoms with Gasteiger partial charge in [-0.1, -0.05) is 0 Å². The van der Waals surface area contributed by atoms with E-state index in [0.29, 0.717) is 0 Å². The summed E-state index contributed by atoms with van der Waals surface area (Å²) in [6, 6.07) is 0. The molecule has 0 amide bonds. The molecule has 29 heavy (non-hydrogen) atoms. The highest BCUT2D eigenvalue weighted by Crippen LogP contribution is 2.12. The number of halogens is 1. The highest BCUT2D eigenvalue weighted by atomic mass is 79.9. The Kier molecular flexibility index (Phi) is 18.8. The summed E-state index contributed by atoms with van der Waals surface area (Å²) < 4.78 is 0. The molecule has 0 aromatic heterocycles. The van der Waals surface area contributed by atoms with Gasteiger partial charge in [-0.25, -0.2) is 0 Å². The number of carbonyl (C=O) groups is 4. The van der Waals surface area contributed by atoms with Crippen molar-refractivity contribution in [1.29, 1.82) is 0 Å². The standard InChI is InChI=1S/4C5H10O2.BrH/c4*1-5(2,3)4(6)7;/h4*1-3H3,(H,6,7);1H. The van der Waals surface area contributed by atoms with Crippen molar-refractivity contribution in [3.8, 4) is 0 Å². The number of hydrogen-bond donors (Lipinski definition) is 4. The van der Waals surface area contributed by atoms with Crippen LogP contribution in [-0.4, -0.2) is 44.3 Å². The lowest BCUT2D eigenvalue weighted by Gasteiger charge is -2.08. The number of carboxylic acid groups (broad SMARTS) is 4. The average molecular weight is 489 g/mol. The molecular weight excluding hydrogens is 448 g/mol. The van der Waals surface area contributed by atoms with Crippen molar-refractivity contribution in [2.45, 2.75) is 83.1 Å². The lowest BCUT2D eigenvalue weighted by molar-refractivity contribution is -0.146. The second kappa shape index (κ2) is 14.4. The summed E-state index contributed by atoms with van der Waals surface area (Å²) in [5.74, 6) is -3.03. The molecule has 176 valence electrons. The molecule has 0 unspecified atom stereocenters. The zero-order valence-electron chi connectivity index (χ0n) is 19.8. The maximum Gasteiger partial charge on any atom is 0.308 e. The maximum atomic E-state index is 10.0. The first kappa shape index (κ1) is 38.0. The Morgan fingerprint density at radius 3 is 0.414 bits per heavy atom. The van der Waals surface area contributed by atoms with Crippen LogP contribution < -0.4 is 0 Å². The van der Waals surface area contributed by atoms with E-state index in [-0.39, 0.29) is 17.0 Å². The van der Waals surface area contributed by atoms with Crippen molar-refractivity contribution in [1.82, 2.24) is 0 Å². The summed E-state index contributed by atoms with van der Waals surface area (Å²) in [5, 5.41) is 33.0. The zero-order valence-corrected chi connectivity index (χ0v) is 21.5. The van der Waals surface area contributed by atoms with Gasteiger partial charge in [-0.3, -0.25) is 19.2 Å². The first-order valence-electron chi connectivity index (χ1n) is 8.71. The Hall–Kier alpha value is -1.64. The molecule has 0 atom stereocenters. The fourth-order valence-corrected chi connectivity index (χ4v) is 0. The highest BCUT2D eigenvalue weighted by molar-refractivity contribution is 8.93. The van der Waals surface area contributed by atoms with E-state index in [1.165, 1.54) is 0 Å². The topological polar surface area (TPSA) is 149 Å². The van der Waals surface area contributed by atoms with Crippen LogP contribution in [0.25, 0.3) is 0 Å². The molecule has 0 aromatic rings. The Labute approximate surface area is 185 Å². The Morgan fingerprint density at radius 1 is 0.379 bits per heavy atom. The lowest BCUT2D eigenvalue weighted by atomic mass is 9.98. The molecule has 0 aromatic carbocycles. The molecule has 4 N–H and O–H groups in total. The minimum Gasteiger partial charge on any atom is -0.481 e. The van der Waals surface area contributed by atoms with Gasteiger partial charge in [0.25, 0.3) is 0 Å². The molecular formula is C20H41BrO8. The van der Waals surface area contributed by atoms with Gasteiger partial charge < -0.3 is 20.4 Å². The Morgan fingerprint density at radius 2 is 0.414 bits per heavy atom. The Bertz CT molecular complexity index is 417. The molecule has 0 spiro atoms. The van der Waals surface area contributed by atoms with Crippen LogP contribution in [-0.2, 0) is 19.2 Å². The Balaban J connectivity index is -0.0000000873. The smallest absolute Gasteiger partial charge is 0.308 e. The largest absolute Gasteiger partial charge is 0.481 e. The third-order valence-electron chi connectivity index (χ3n) is 2.57. The lowest BCUT2D eigenvalue weighted by Crippen LogP contribution is -2.18. The summed E-state index contributed by atoms with van der Waals surface area (Å²) in [4.78, 5) is 40.1. The normalized spacial score (nSPS) is 10.9. The van der Waals surface area contributed by atoms with E-state index < -0.39 is 45.5 Å². The zero-order chi connectivity index (χ0) is 24.3. The molecule has 0 saturated carbocycles. The van der Waals surface area contributed by atoms with Crippen molar-refractivity contribution in [3.05, 3.63) is 0 Å². The van der Waals surface area contributed by atoms with Crippen LogP contribution in [0.2, 0.25) is 0 Å². The van der Waals surface area contributed by atoms with Gasteiger partial charge in [0.05, 0.1) is 21.7 Å². The van der Waals surface area contributed by atoms with E-state index in [9.17, 15) is 19.2 Å². The molecule has 0 bridgehead atoms. The van der Waals surface area contributed by atoms with E-state index in [0.717, 1.165) is 0 Å². The van der Waals surface area contributed by atoms with Crippen LogP contribution in [0.4, 0.5) is 0 Å². The van der Waals surface area contributed by atoms with E-state index >= 15 is 0 Å². The van der Waals surface area contributed by atoms with E-state index in [2.05, 4.69) is 0 Å². The van der Waals surface area contributed by atoms with Gasteiger partial charge in [0.1, 0.15) is 0 Å². The molecule has 9 heteroatoms. The highest BCUT2D eigenvalue weighted by Gasteiger charge is 2.20. The average Bonchev–Trinajstić information content (AvgIpc) is 2.35. The van der Waals surface area contributed by atoms with Gasteiger partial charge in [0, 0.05) is 0 Å². The van der Waals surface area contributed by atoms with Crippen LogP contribution in [0.15, 0.2) is 0 Å². The quantitative estimate of drug-likeness (QED) is 0.369. The third-order valence-corrected chi connectivity index (χ3v) is 2.57. The van der Waals surface area contributed by atoms with Gasteiger partial charge >= 0.3 is 23.9 Å². The number of carboxylic acids is 4. The summed E-state index contributed by atoms with van der Waals surface area (Å²) in [6.07, 6.45) is 0. The second-order valence-corrected chi connectivity index (χ2v) is 10.2. The summed E-state index contributed by atoms with van der Waals surface area (Å²) in [6.45, 7) is 19.9. The first-order chi connectivity index (χ1) is 11.8. The van der Waals surface area contributed by atoms with Crippen molar-refractivity contribution in [2.24, 2.45) is 21.7 Å². The van der Waals surface area contributed by atoms with Crippen molar-refractivity contribution in [3.63, 3.8) is 0 Å². The summed E-state index contributed by atoms with van der Waals surface area (Å²) in [7, 11) is 0. The van der Waals surface area contributed by atoms with Gasteiger partial charge in [0.2, 0.25) is 0 Å². The molecule has 8 nitrogen and oxygen atoms in total. The number of rotatable bonds is 0. The van der Waals surface area contributed by atoms with Crippen LogP contribution in [0.5, 0.6) is 0 Å². The first-order valence-corrected chi connectivity index (χ1v) is 8.71. The molecule has 0 saturated heterocycles. The van der Waals surface area contributed by atoms with Gasteiger partial charge in [-0.2, -0.15) is 0 Å². The molecule has 0 rings (SSSR count). The van der Waals surface area contributed by atoms with Crippen molar-refractivity contribution >= 4 is 40.9 Å². The van der Waals surface area contributed by atoms with Crippen LogP contribution in [0.1, 0.15) is 83.1 Å². The van der Waals surface area contributed by atoms with Gasteiger partial charge in [-0.05, 0) is 83.1 Å². The van der Waals surface area contributed by atoms with Gasteiger partial charge in [0.15, 0.2) is 0 Å². The fraction of sp³-hybridized carbons (Fsp3) is 0.800. The predicted octanol–water partition coefficient (Wildman–Crippen LogP) is 5.05. The van der Waals surface area contributed by atoms with E-state index in [1.807, 2.05) is 0 Å². The minimum absolute atomic E-state index is 0. The maximum absolute atomic E-state index is 10.0. The van der Waals surface area contributed by atoms with Crippen LogP contribution >= 0.6 is 17.0 Å². The molecule has 0 fully saturated rings. The summed E-state index contributed by atoms with van der Waals surface area (Å²) >= 11 is 0. The third kappa shape index (κ3) is 31.3. The van der Waals surface area contributed by atoms with Gasteiger partial charge in [-0.15, -0.1) is 17.0 Å². The molecule has 0 aliphatic rings. The van der Waals surface area contributed by atoms with Crippen molar-refractivity contribution < 1.29 is 39.6 Å². The van der Waals surface area contributed by atoms with E-state index in [1.54, 1.807) is 83.1 Å². The molecule has 0 radical (unpaired) electrons. The van der Waals surface area contributed by atoms with Crippen LogP contribution in [0, 0.1) is 21.7 Å². The molecule has 0 heterocycles. The SMILES string of the molecule is Br.CC(C)(C)C(=O)O.CC(C)(C)C(=O)O.CC(C)(C)C(=O)O.CC(C)(C)C(=O)O. The molecule has 0 aliphatic heterocycles. The monoisotopic (exact) mass is 488 g/mol. The number of aliphatic carboxylic acids is 4. The van der Waals surface area contributed by atoms with Crippen molar-refractivity contribution in [2.75, 3.05) is 0 Å². The fourth-order valence-electron chi connectivity index (χ4n) is 0. The number of hydrogen-bond acceptors (Lipinski definition) is 4. The predicted molar refractivity (Wildman–Crippen MR) is 119 cm³/mol.